The van der Waals surface area contributed by atoms with Gasteiger partial charge in [-0.3, -0.25) is 0 Å². The van der Waals surface area contributed by atoms with E-state index in [1.807, 2.05) is 35.2 Å². The highest BCUT2D eigenvalue weighted by atomic mass is 16.6. The topological polar surface area (TPSA) is 49.8 Å². The number of nitrogens with zero attached hydrogens (tertiary/aromatic N) is 1. The van der Waals surface area contributed by atoms with Crippen molar-refractivity contribution in [3.8, 4) is 11.1 Å². The number of hydrogen-bond acceptors (Lipinski definition) is 3. The second-order valence-corrected chi connectivity index (χ2v) is 9.44. The summed E-state index contributed by atoms with van der Waals surface area (Å²) in [5.74, 6) is 0.785. The second kappa shape index (κ2) is 9.40. The van der Waals surface area contributed by atoms with Gasteiger partial charge in [0.25, 0.3) is 0 Å². The molecular weight excluding hydrogens is 410 g/mol. The smallest absolute Gasteiger partial charge is 0.409 e. The number of carbonyl (C=O) groups excluding carboxylic acids is 1. The van der Waals surface area contributed by atoms with Gasteiger partial charge >= 0.3 is 6.09 Å². The molecule has 1 heterocycles. The summed E-state index contributed by atoms with van der Waals surface area (Å²) >= 11 is 0. The Morgan fingerprint density at radius 1 is 0.970 bits per heavy atom. The summed E-state index contributed by atoms with van der Waals surface area (Å²) in [5.41, 5.74) is 5.90. The van der Waals surface area contributed by atoms with E-state index < -0.39 is 6.10 Å². The Morgan fingerprint density at radius 2 is 1.58 bits per heavy atom. The molecule has 0 spiro atoms. The molecule has 3 atom stereocenters. The molecule has 33 heavy (non-hydrogen) atoms. The van der Waals surface area contributed by atoms with E-state index in [1.54, 1.807) is 0 Å². The lowest BCUT2D eigenvalue weighted by atomic mass is 9.82. The van der Waals surface area contributed by atoms with E-state index in [2.05, 4.69) is 55.5 Å². The van der Waals surface area contributed by atoms with Gasteiger partial charge in [0, 0.05) is 19.0 Å². The average Bonchev–Trinajstić information content (AvgIpc) is 3.18. The second-order valence-electron chi connectivity index (χ2n) is 9.44. The van der Waals surface area contributed by atoms with Crippen LogP contribution in [0.25, 0.3) is 11.1 Å². The summed E-state index contributed by atoms with van der Waals surface area (Å²) in [6.07, 6.45) is 0.921. The molecule has 5 rings (SSSR count). The molecule has 4 nitrogen and oxygen atoms in total. The van der Waals surface area contributed by atoms with E-state index >= 15 is 0 Å². The molecule has 0 unspecified atom stereocenters. The van der Waals surface area contributed by atoms with Crippen molar-refractivity contribution in [1.82, 2.24) is 4.90 Å². The third-order valence-electron chi connectivity index (χ3n) is 7.39. The van der Waals surface area contributed by atoms with Gasteiger partial charge in [0.05, 0.1) is 6.10 Å². The maximum Gasteiger partial charge on any atom is 0.409 e. The first-order valence-corrected chi connectivity index (χ1v) is 11.9. The fraction of sp³-hybridized carbons (Fsp3) is 0.345. The molecule has 3 aromatic rings. The van der Waals surface area contributed by atoms with Crippen LogP contribution in [-0.4, -0.2) is 35.8 Å². The van der Waals surface area contributed by atoms with E-state index in [4.69, 9.17) is 4.74 Å². The fourth-order valence-electron chi connectivity index (χ4n) is 5.49. The molecule has 170 valence electrons. The quantitative estimate of drug-likeness (QED) is 0.527. The number of likely N-dealkylation sites (tertiary alicyclic amines) is 1. The van der Waals surface area contributed by atoms with Gasteiger partial charge in [-0.15, -0.1) is 0 Å². The minimum Gasteiger partial charge on any atom is -0.448 e. The van der Waals surface area contributed by atoms with Crippen LogP contribution in [0.4, 0.5) is 4.79 Å². The minimum absolute atomic E-state index is 0.0809. The van der Waals surface area contributed by atoms with Gasteiger partial charge in [-0.2, -0.15) is 0 Å². The molecule has 1 fully saturated rings. The number of aliphatic hydroxyl groups is 1. The van der Waals surface area contributed by atoms with Crippen molar-refractivity contribution < 1.29 is 14.6 Å². The lowest BCUT2D eigenvalue weighted by Gasteiger charge is -2.37. The maximum absolute atomic E-state index is 12.9. The number of hydrogen-bond donors (Lipinski definition) is 1. The number of benzene rings is 3. The largest absolute Gasteiger partial charge is 0.448 e. The summed E-state index contributed by atoms with van der Waals surface area (Å²) < 4.78 is 5.85. The van der Waals surface area contributed by atoms with Crippen LogP contribution in [0.2, 0.25) is 0 Å². The van der Waals surface area contributed by atoms with Crippen molar-refractivity contribution in [3.63, 3.8) is 0 Å². The monoisotopic (exact) mass is 441 g/mol. The van der Waals surface area contributed by atoms with Gasteiger partial charge in [-0.1, -0.05) is 85.8 Å². The summed E-state index contributed by atoms with van der Waals surface area (Å²) in [5, 5.41) is 10.6. The van der Waals surface area contributed by atoms with Gasteiger partial charge in [-0.05, 0) is 52.5 Å². The van der Waals surface area contributed by atoms with Crippen LogP contribution in [-0.2, 0) is 4.74 Å². The first kappa shape index (κ1) is 21.7. The summed E-state index contributed by atoms with van der Waals surface area (Å²) in [6, 6.07) is 26.6. The first-order valence-electron chi connectivity index (χ1n) is 11.9. The number of rotatable bonds is 5. The van der Waals surface area contributed by atoms with Gasteiger partial charge in [0.15, 0.2) is 0 Å². The highest BCUT2D eigenvalue weighted by Crippen LogP contribution is 2.44. The van der Waals surface area contributed by atoms with Crippen LogP contribution < -0.4 is 0 Å². The molecule has 0 radical (unpaired) electrons. The fourth-order valence-corrected chi connectivity index (χ4v) is 5.49. The van der Waals surface area contributed by atoms with Crippen LogP contribution >= 0.6 is 0 Å². The SMILES string of the molecule is C[C@@H]1CN(C(=O)OCC2c3ccccc3-c3ccccc32)CC[C@H]1C[C@@H](O)c1ccccc1. The predicted molar refractivity (Wildman–Crippen MR) is 130 cm³/mol. The van der Waals surface area contributed by atoms with Crippen molar-refractivity contribution >= 4 is 6.09 Å². The van der Waals surface area contributed by atoms with Crippen molar-refractivity contribution in [1.29, 1.82) is 0 Å². The third kappa shape index (κ3) is 4.40. The Morgan fingerprint density at radius 3 is 2.21 bits per heavy atom. The van der Waals surface area contributed by atoms with Crippen molar-refractivity contribution in [3.05, 3.63) is 95.6 Å². The van der Waals surface area contributed by atoms with E-state index in [0.29, 0.717) is 31.5 Å². The van der Waals surface area contributed by atoms with Gasteiger partial charge < -0.3 is 14.7 Å². The molecule has 2 aliphatic rings. The van der Waals surface area contributed by atoms with E-state index in [1.165, 1.54) is 22.3 Å². The first-order chi connectivity index (χ1) is 16.1. The average molecular weight is 442 g/mol. The minimum atomic E-state index is -0.459. The molecular formula is C29H31NO3. The third-order valence-corrected chi connectivity index (χ3v) is 7.39. The predicted octanol–water partition coefficient (Wildman–Crippen LogP) is 6.02. The van der Waals surface area contributed by atoms with E-state index in [-0.39, 0.29) is 12.0 Å². The summed E-state index contributed by atoms with van der Waals surface area (Å²) in [7, 11) is 0. The molecule has 1 N–H and O–H groups in total. The number of piperidine rings is 1. The van der Waals surface area contributed by atoms with E-state index in [9.17, 15) is 9.90 Å². The molecule has 0 bridgehead atoms. The Labute approximate surface area is 195 Å². The van der Waals surface area contributed by atoms with Crippen LogP contribution in [0.5, 0.6) is 0 Å². The molecule has 3 aromatic carbocycles. The van der Waals surface area contributed by atoms with Gasteiger partial charge in [-0.25, -0.2) is 4.79 Å². The zero-order chi connectivity index (χ0) is 22.8. The molecule has 0 saturated carbocycles. The zero-order valence-corrected chi connectivity index (χ0v) is 19.1. The molecule has 0 aromatic heterocycles. The molecule has 1 aliphatic carbocycles. The lowest BCUT2D eigenvalue weighted by Crippen LogP contribution is -2.43. The molecule has 1 amide bonds. The highest BCUT2D eigenvalue weighted by molar-refractivity contribution is 5.79. The van der Waals surface area contributed by atoms with Gasteiger partial charge in [0.1, 0.15) is 6.61 Å². The van der Waals surface area contributed by atoms with Crippen molar-refractivity contribution in [2.24, 2.45) is 11.8 Å². The zero-order valence-electron chi connectivity index (χ0n) is 19.1. The summed E-state index contributed by atoms with van der Waals surface area (Å²) in [6.45, 7) is 3.87. The number of amides is 1. The lowest BCUT2D eigenvalue weighted by molar-refractivity contribution is 0.0536. The molecule has 1 saturated heterocycles. The van der Waals surface area contributed by atoms with Crippen LogP contribution in [0.15, 0.2) is 78.9 Å². The Kier molecular flexibility index (Phi) is 6.19. The number of fused-ring (bicyclic) bond motifs is 3. The standard InChI is InChI=1S/C29H31NO3/c1-20-18-30(16-15-22(20)17-28(31)21-9-3-2-4-10-21)29(32)33-19-27-25-13-7-5-11-23(25)24-12-6-8-14-26(24)27/h2-14,20,22,27-28,31H,15-19H2,1H3/t20-,22+,28-/m1/s1. The van der Waals surface area contributed by atoms with E-state index in [0.717, 1.165) is 18.4 Å². The Hall–Kier alpha value is -3.11. The maximum atomic E-state index is 12.9. The Bertz CT molecular complexity index is 1070. The molecule has 1 aliphatic heterocycles. The van der Waals surface area contributed by atoms with Crippen molar-refractivity contribution in [2.75, 3.05) is 19.7 Å². The van der Waals surface area contributed by atoms with Crippen LogP contribution in [0, 0.1) is 11.8 Å². The Balaban J connectivity index is 1.18. The van der Waals surface area contributed by atoms with Gasteiger partial charge in [0.2, 0.25) is 0 Å². The number of carbonyl (C=O) groups is 1. The van der Waals surface area contributed by atoms with Crippen LogP contribution in [0.3, 0.4) is 0 Å². The number of aliphatic hydroxyl groups excluding tert-OH is 1. The number of ether oxygens (including phenoxy) is 1. The molecule has 4 heteroatoms. The summed E-state index contributed by atoms with van der Waals surface area (Å²) in [4.78, 5) is 14.8. The highest BCUT2D eigenvalue weighted by Gasteiger charge is 2.33. The van der Waals surface area contributed by atoms with Crippen LogP contribution in [0.1, 0.15) is 48.5 Å². The van der Waals surface area contributed by atoms with Crippen molar-refractivity contribution in [2.45, 2.75) is 31.8 Å². The normalized spacial score (nSPS) is 20.7.